The van der Waals surface area contributed by atoms with Gasteiger partial charge in [0.2, 0.25) is 0 Å². The number of hydrogen-bond donors (Lipinski definition) is 1. The Morgan fingerprint density at radius 1 is 1.00 bits per heavy atom. The van der Waals surface area contributed by atoms with Gasteiger partial charge >= 0.3 is 6.03 Å². The van der Waals surface area contributed by atoms with Gasteiger partial charge in [-0.3, -0.25) is 0 Å². The van der Waals surface area contributed by atoms with E-state index in [1.165, 1.54) is 6.20 Å². The molecular formula is C20H22N4O2. The van der Waals surface area contributed by atoms with Crippen molar-refractivity contribution in [1.29, 1.82) is 0 Å². The van der Waals surface area contributed by atoms with Crippen LogP contribution >= 0.6 is 0 Å². The first-order valence-electron chi connectivity index (χ1n) is 8.66. The maximum atomic E-state index is 12.5. The smallest absolute Gasteiger partial charge is 0.362 e. The molecule has 0 bridgehead atoms. The van der Waals surface area contributed by atoms with Crippen molar-refractivity contribution in [3.05, 3.63) is 83.7 Å². The molecule has 0 atom stereocenters. The van der Waals surface area contributed by atoms with Crippen molar-refractivity contribution < 1.29 is 9.90 Å². The molecular weight excluding hydrogens is 328 g/mol. The maximum Gasteiger partial charge on any atom is 0.362 e. The van der Waals surface area contributed by atoms with Crippen LogP contribution in [0.5, 0.6) is 0 Å². The minimum atomic E-state index is -1.50. The number of benzene rings is 2. The number of carbonyl (C=O) groups excluding carboxylic acids is 1. The van der Waals surface area contributed by atoms with Crippen LogP contribution in [0.2, 0.25) is 0 Å². The Morgan fingerprint density at radius 2 is 1.50 bits per heavy atom. The molecule has 3 rings (SSSR count). The van der Waals surface area contributed by atoms with E-state index in [1.807, 2.05) is 74.5 Å². The lowest BCUT2D eigenvalue weighted by Crippen LogP contribution is -2.36. The van der Waals surface area contributed by atoms with Crippen LogP contribution in [0.4, 0.5) is 4.79 Å². The summed E-state index contributed by atoms with van der Waals surface area (Å²) in [5.74, 6) is 0. The Balaban J connectivity index is 2.09. The standard InChI is InChI=1S/C20H22N4O2/c1-3-23(4-2)19(25)24-21-15-18(22-24)20(26,16-11-7-5-8-12-16)17-13-9-6-10-14-17/h5-15,26H,3-4H2,1-2H3. The average molecular weight is 350 g/mol. The lowest BCUT2D eigenvalue weighted by Gasteiger charge is -2.27. The highest BCUT2D eigenvalue weighted by atomic mass is 16.3. The average Bonchev–Trinajstić information content (AvgIpc) is 3.20. The van der Waals surface area contributed by atoms with Crippen LogP contribution in [-0.2, 0) is 5.60 Å². The van der Waals surface area contributed by atoms with Gasteiger partial charge in [-0.05, 0) is 25.0 Å². The third-order valence-corrected chi connectivity index (χ3v) is 4.45. The highest BCUT2D eigenvalue weighted by molar-refractivity contribution is 5.74. The van der Waals surface area contributed by atoms with Crippen LogP contribution in [-0.4, -0.2) is 44.1 Å². The predicted octanol–water partition coefficient (Wildman–Crippen LogP) is 2.87. The first-order chi connectivity index (χ1) is 12.6. The molecule has 134 valence electrons. The van der Waals surface area contributed by atoms with Gasteiger partial charge in [-0.1, -0.05) is 65.5 Å². The summed E-state index contributed by atoms with van der Waals surface area (Å²) in [6, 6.07) is 18.2. The van der Waals surface area contributed by atoms with Crippen LogP contribution < -0.4 is 0 Å². The molecule has 0 saturated carbocycles. The summed E-state index contributed by atoms with van der Waals surface area (Å²) in [6.45, 7) is 4.92. The highest BCUT2D eigenvalue weighted by Crippen LogP contribution is 2.35. The van der Waals surface area contributed by atoms with E-state index in [2.05, 4.69) is 10.2 Å². The fourth-order valence-electron chi connectivity index (χ4n) is 2.96. The molecule has 1 amide bonds. The number of aliphatic hydroxyl groups is 1. The molecule has 0 aliphatic heterocycles. The second-order valence-electron chi connectivity index (χ2n) is 5.92. The van der Waals surface area contributed by atoms with E-state index < -0.39 is 5.60 Å². The van der Waals surface area contributed by atoms with Gasteiger partial charge in [0.1, 0.15) is 5.69 Å². The SMILES string of the molecule is CCN(CC)C(=O)n1ncc(C(O)(c2ccccc2)c2ccccc2)n1. The van der Waals surface area contributed by atoms with Crippen molar-refractivity contribution in [3.63, 3.8) is 0 Å². The largest absolute Gasteiger partial charge is 0.374 e. The monoisotopic (exact) mass is 350 g/mol. The molecule has 0 saturated heterocycles. The number of aromatic nitrogens is 3. The molecule has 0 spiro atoms. The van der Waals surface area contributed by atoms with E-state index in [1.54, 1.807) is 4.90 Å². The summed E-state index contributed by atoms with van der Waals surface area (Å²) < 4.78 is 0. The number of amides is 1. The van der Waals surface area contributed by atoms with Gasteiger partial charge in [-0.2, -0.15) is 5.10 Å². The summed E-state index contributed by atoms with van der Waals surface area (Å²) >= 11 is 0. The maximum absolute atomic E-state index is 12.5. The predicted molar refractivity (Wildman–Crippen MR) is 98.7 cm³/mol. The second kappa shape index (κ2) is 7.49. The van der Waals surface area contributed by atoms with Gasteiger partial charge in [0.05, 0.1) is 6.20 Å². The Hall–Kier alpha value is -2.99. The molecule has 0 aliphatic rings. The molecule has 1 N–H and O–H groups in total. The van der Waals surface area contributed by atoms with Crippen LogP contribution in [0.25, 0.3) is 0 Å². The Labute approximate surface area is 152 Å². The third kappa shape index (κ3) is 3.11. The first-order valence-corrected chi connectivity index (χ1v) is 8.66. The fraction of sp³-hybridized carbons (Fsp3) is 0.250. The number of rotatable bonds is 5. The normalized spacial score (nSPS) is 11.3. The molecule has 0 radical (unpaired) electrons. The van der Waals surface area contributed by atoms with E-state index in [9.17, 15) is 9.90 Å². The van der Waals surface area contributed by atoms with E-state index >= 15 is 0 Å². The Kier molecular flexibility index (Phi) is 5.14. The fourth-order valence-corrected chi connectivity index (χ4v) is 2.96. The van der Waals surface area contributed by atoms with Crippen LogP contribution in [0.3, 0.4) is 0 Å². The number of hydrogen-bond acceptors (Lipinski definition) is 4. The van der Waals surface area contributed by atoms with Crippen molar-refractivity contribution in [2.45, 2.75) is 19.4 Å². The minimum Gasteiger partial charge on any atom is -0.374 e. The van der Waals surface area contributed by atoms with Crippen LogP contribution in [0, 0.1) is 0 Å². The molecule has 0 fully saturated rings. The minimum absolute atomic E-state index is 0.301. The molecule has 0 unspecified atom stereocenters. The molecule has 1 aromatic heterocycles. The number of carbonyl (C=O) groups is 1. The van der Waals surface area contributed by atoms with Gasteiger partial charge in [0.15, 0.2) is 5.60 Å². The van der Waals surface area contributed by atoms with Gasteiger partial charge in [-0.15, -0.1) is 5.10 Å². The van der Waals surface area contributed by atoms with Crippen molar-refractivity contribution in [2.24, 2.45) is 0 Å². The number of nitrogens with zero attached hydrogens (tertiary/aromatic N) is 4. The molecule has 6 heteroatoms. The van der Waals surface area contributed by atoms with Crippen LogP contribution in [0.15, 0.2) is 66.9 Å². The molecule has 2 aromatic carbocycles. The van der Waals surface area contributed by atoms with E-state index in [0.717, 1.165) is 4.80 Å². The van der Waals surface area contributed by atoms with E-state index in [4.69, 9.17) is 0 Å². The summed E-state index contributed by atoms with van der Waals surface area (Å²) in [5.41, 5.74) is 0.127. The Morgan fingerprint density at radius 3 is 1.96 bits per heavy atom. The van der Waals surface area contributed by atoms with Gasteiger partial charge in [-0.25, -0.2) is 4.79 Å². The summed E-state index contributed by atoms with van der Waals surface area (Å²) in [6.07, 6.45) is 1.45. The van der Waals surface area contributed by atoms with Crippen molar-refractivity contribution in [3.8, 4) is 0 Å². The van der Waals surface area contributed by atoms with Gasteiger partial charge in [0, 0.05) is 13.1 Å². The lowest BCUT2D eigenvalue weighted by molar-refractivity contribution is 0.120. The zero-order valence-corrected chi connectivity index (χ0v) is 14.9. The third-order valence-electron chi connectivity index (χ3n) is 4.45. The lowest BCUT2D eigenvalue weighted by atomic mass is 9.84. The van der Waals surface area contributed by atoms with Crippen LogP contribution in [0.1, 0.15) is 30.7 Å². The molecule has 1 heterocycles. The van der Waals surface area contributed by atoms with Crippen molar-refractivity contribution in [1.82, 2.24) is 19.9 Å². The highest BCUT2D eigenvalue weighted by Gasteiger charge is 2.37. The van der Waals surface area contributed by atoms with Crippen molar-refractivity contribution in [2.75, 3.05) is 13.1 Å². The summed E-state index contributed by atoms with van der Waals surface area (Å²) in [5, 5.41) is 20.1. The first kappa shape index (κ1) is 17.8. The second-order valence-corrected chi connectivity index (χ2v) is 5.92. The zero-order valence-electron chi connectivity index (χ0n) is 14.9. The quantitative estimate of drug-likeness (QED) is 0.768. The topological polar surface area (TPSA) is 71.2 Å². The van der Waals surface area contributed by atoms with Crippen molar-refractivity contribution >= 4 is 6.03 Å². The molecule has 3 aromatic rings. The van der Waals surface area contributed by atoms with Gasteiger partial charge in [0.25, 0.3) is 0 Å². The Bertz CT molecular complexity index is 818. The van der Waals surface area contributed by atoms with E-state index in [0.29, 0.717) is 29.9 Å². The molecule has 26 heavy (non-hydrogen) atoms. The summed E-state index contributed by atoms with van der Waals surface area (Å²) in [4.78, 5) is 15.2. The van der Waals surface area contributed by atoms with Gasteiger partial charge < -0.3 is 10.0 Å². The summed E-state index contributed by atoms with van der Waals surface area (Å²) in [7, 11) is 0. The van der Waals surface area contributed by atoms with E-state index in [-0.39, 0.29) is 6.03 Å². The zero-order chi connectivity index (χ0) is 18.6. The molecule has 0 aliphatic carbocycles. The molecule has 6 nitrogen and oxygen atoms in total.